The number of hydrogen-bond donors (Lipinski definition) is 0. The summed E-state index contributed by atoms with van der Waals surface area (Å²) < 4.78 is 34.6. The summed E-state index contributed by atoms with van der Waals surface area (Å²) in [6.45, 7) is 8.88. The first kappa shape index (κ1) is 22.7. The third kappa shape index (κ3) is 4.14. The average molecular weight is 457 g/mol. The normalized spacial score (nSPS) is 18.4. The van der Waals surface area contributed by atoms with E-state index in [0.717, 1.165) is 29.7 Å². The maximum absolute atomic E-state index is 14.4. The van der Waals surface area contributed by atoms with E-state index in [-0.39, 0.29) is 11.7 Å². The van der Waals surface area contributed by atoms with Gasteiger partial charge in [-0.3, -0.25) is 0 Å². The first-order valence-electron chi connectivity index (χ1n) is 12.0. The molecule has 174 valence electrons. The Morgan fingerprint density at radius 3 is 2.06 bits per heavy atom. The minimum Gasteiger partial charge on any atom is -0.373 e. The zero-order chi connectivity index (χ0) is 24.0. The molecule has 0 N–H and O–H groups in total. The van der Waals surface area contributed by atoms with Gasteiger partial charge in [0, 0.05) is 17.6 Å². The second-order valence-corrected chi connectivity index (χ2v) is 9.84. The number of rotatable bonds is 3. The monoisotopic (exact) mass is 456 g/mol. The van der Waals surface area contributed by atoms with E-state index in [1.165, 1.54) is 41.7 Å². The van der Waals surface area contributed by atoms with Crippen molar-refractivity contribution < 1.29 is 13.5 Å². The Morgan fingerprint density at radius 2 is 1.41 bits per heavy atom. The van der Waals surface area contributed by atoms with Gasteiger partial charge in [0.15, 0.2) is 0 Å². The van der Waals surface area contributed by atoms with Crippen LogP contribution in [-0.2, 0) is 4.74 Å². The molecule has 3 heteroatoms. The van der Waals surface area contributed by atoms with Crippen LogP contribution in [0.1, 0.15) is 48.1 Å². The Labute approximate surface area is 200 Å². The molecule has 0 radical (unpaired) electrons. The van der Waals surface area contributed by atoms with Gasteiger partial charge >= 0.3 is 0 Å². The maximum Gasteiger partial charge on any atom is 0.136 e. The van der Waals surface area contributed by atoms with Crippen LogP contribution in [0.4, 0.5) is 8.78 Å². The highest BCUT2D eigenvalue weighted by atomic mass is 19.1. The molecule has 2 unspecified atom stereocenters. The van der Waals surface area contributed by atoms with Crippen molar-refractivity contribution in [1.82, 2.24) is 0 Å². The molecule has 0 amide bonds. The number of ether oxygens (including phenoxy) is 1. The van der Waals surface area contributed by atoms with Crippen LogP contribution in [0.2, 0.25) is 0 Å². The van der Waals surface area contributed by atoms with Crippen molar-refractivity contribution in [3.8, 4) is 22.3 Å². The van der Waals surface area contributed by atoms with Gasteiger partial charge in [0.25, 0.3) is 0 Å². The van der Waals surface area contributed by atoms with E-state index in [1.807, 2.05) is 12.1 Å². The molecule has 1 nitrogen and oxygen atoms in total. The van der Waals surface area contributed by atoms with Crippen molar-refractivity contribution >= 4 is 10.8 Å². The van der Waals surface area contributed by atoms with Crippen LogP contribution < -0.4 is 0 Å². The molecule has 34 heavy (non-hydrogen) atoms. The molecule has 1 heterocycles. The van der Waals surface area contributed by atoms with Crippen molar-refractivity contribution in [2.75, 3.05) is 6.61 Å². The van der Waals surface area contributed by atoms with Gasteiger partial charge in [-0.05, 0) is 96.0 Å². The molecule has 1 saturated heterocycles. The Hall–Kier alpha value is -3.04. The Bertz CT molecular complexity index is 1340. The quantitative estimate of drug-likeness (QED) is 0.299. The molecule has 1 aliphatic heterocycles. The van der Waals surface area contributed by atoms with Gasteiger partial charge in [-0.2, -0.15) is 0 Å². The number of fused-ring (bicyclic) bond motifs is 1. The minimum atomic E-state index is -0.514. The lowest BCUT2D eigenvalue weighted by atomic mass is 9.89. The average Bonchev–Trinajstić information content (AvgIpc) is 2.83. The summed E-state index contributed by atoms with van der Waals surface area (Å²) in [6, 6.07) is 19.9. The smallest absolute Gasteiger partial charge is 0.136 e. The Morgan fingerprint density at radius 1 is 0.765 bits per heavy atom. The molecule has 4 aromatic carbocycles. The van der Waals surface area contributed by atoms with Gasteiger partial charge in [-0.25, -0.2) is 8.78 Å². The first-order chi connectivity index (χ1) is 16.3. The zero-order valence-electron chi connectivity index (χ0n) is 20.2. The molecule has 0 saturated carbocycles. The van der Waals surface area contributed by atoms with Crippen molar-refractivity contribution in [3.05, 3.63) is 94.6 Å². The predicted molar refractivity (Wildman–Crippen MR) is 136 cm³/mol. The van der Waals surface area contributed by atoms with Crippen LogP contribution in [0.3, 0.4) is 0 Å². The lowest BCUT2D eigenvalue weighted by Crippen LogP contribution is -2.18. The molecular weight excluding hydrogens is 426 g/mol. The molecule has 5 rings (SSSR count). The molecule has 2 atom stereocenters. The van der Waals surface area contributed by atoms with Gasteiger partial charge in [-0.1, -0.05) is 55.5 Å². The van der Waals surface area contributed by atoms with Gasteiger partial charge in [0.1, 0.15) is 11.6 Å². The van der Waals surface area contributed by atoms with E-state index in [2.05, 4.69) is 57.2 Å². The third-order valence-corrected chi connectivity index (χ3v) is 7.20. The van der Waals surface area contributed by atoms with E-state index in [4.69, 9.17) is 4.74 Å². The van der Waals surface area contributed by atoms with E-state index in [1.54, 1.807) is 6.07 Å². The van der Waals surface area contributed by atoms with Crippen LogP contribution in [0.5, 0.6) is 0 Å². The van der Waals surface area contributed by atoms with Crippen LogP contribution in [0.25, 0.3) is 33.0 Å². The zero-order valence-corrected chi connectivity index (χ0v) is 20.2. The molecular formula is C31H30F2O. The van der Waals surface area contributed by atoms with Crippen LogP contribution >= 0.6 is 0 Å². The summed E-state index contributed by atoms with van der Waals surface area (Å²) in [6.07, 6.45) is 2.48. The summed E-state index contributed by atoms with van der Waals surface area (Å²) in [5.74, 6) is -0.361. The fourth-order valence-corrected chi connectivity index (χ4v) is 5.23. The van der Waals surface area contributed by atoms with E-state index in [9.17, 15) is 8.78 Å². The Balaban J connectivity index is 1.45. The van der Waals surface area contributed by atoms with Gasteiger partial charge in [0.2, 0.25) is 0 Å². The van der Waals surface area contributed by atoms with Crippen molar-refractivity contribution in [2.45, 2.75) is 46.6 Å². The standard InChI is InChI=1S/C31H30F2O/c1-18-5-12-29(34-17-18)26-13-19(2)30(20(3)14-26)23-8-6-22(7-9-23)24-10-11-27-25(15-24)16-28(32)21(4)31(27)33/h6-11,13-16,18,29H,5,12,17H2,1-4H3. The summed E-state index contributed by atoms with van der Waals surface area (Å²) in [7, 11) is 0. The first-order valence-corrected chi connectivity index (χ1v) is 12.0. The largest absolute Gasteiger partial charge is 0.373 e. The molecule has 0 spiro atoms. The predicted octanol–water partition coefficient (Wildman–Crippen LogP) is 8.86. The molecule has 4 aromatic rings. The number of benzene rings is 4. The molecule has 1 fully saturated rings. The van der Waals surface area contributed by atoms with Crippen molar-refractivity contribution in [1.29, 1.82) is 0 Å². The van der Waals surface area contributed by atoms with E-state index >= 15 is 0 Å². The van der Waals surface area contributed by atoms with Crippen LogP contribution in [0, 0.1) is 38.3 Å². The Kier molecular flexibility index (Phi) is 5.99. The summed E-state index contributed by atoms with van der Waals surface area (Å²) >= 11 is 0. The molecule has 0 bridgehead atoms. The second kappa shape index (κ2) is 8.96. The SMILES string of the molecule is Cc1cc(C2CCC(C)CO2)cc(C)c1-c1ccc(-c2ccc3c(F)c(C)c(F)cc3c2)cc1. The number of hydrogen-bond acceptors (Lipinski definition) is 1. The summed E-state index contributed by atoms with van der Waals surface area (Å²) in [5, 5.41) is 1.02. The second-order valence-electron chi connectivity index (χ2n) is 9.84. The fourth-order valence-electron chi connectivity index (χ4n) is 5.23. The summed E-state index contributed by atoms with van der Waals surface area (Å²) in [4.78, 5) is 0. The van der Waals surface area contributed by atoms with Crippen LogP contribution in [0.15, 0.2) is 60.7 Å². The minimum absolute atomic E-state index is 0.0611. The van der Waals surface area contributed by atoms with E-state index < -0.39 is 11.6 Å². The topological polar surface area (TPSA) is 9.23 Å². The number of aryl methyl sites for hydroxylation is 2. The van der Waals surface area contributed by atoms with E-state index in [0.29, 0.717) is 16.7 Å². The highest BCUT2D eigenvalue weighted by molar-refractivity contribution is 5.89. The third-order valence-electron chi connectivity index (χ3n) is 7.20. The lowest BCUT2D eigenvalue weighted by molar-refractivity contribution is -0.0124. The summed E-state index contributed by atoms with van der Waals surface area (Å²) in [5.41, 5.74) is 8.19. The van der Waals surface area contributed by atoms with Gasteiger partial charge in [-0.15, -0.1) is 0 Å². The highest BCUT2D eigenvalue weighted by Gasteiger charge is 2.21. The van der Waals surface area contributed by atoms with Crippen molar-refractivity contribution in [2.24, 2.45) is 5.92 Å². The van der Waals surface area contributed by atoms with Gasteiger partial charge in [0.05, 0.1) is 6.10 Å². The maximum atomic E-state index is 14.4. The molecule has 1 aliphatic rings. The lowest BCUT2D eigenvalue weighted by Gasteiger charge is -2.28. The van der Waals surface area contributed by atoms with Crippen LogP contribution in [-0.4, -0.2) is 6.61 Å². The van der Waals surface area contributed by atoms with Crippen molar-refractivity contribution in [3.63, 3.8) is 0 Å². The molecule has 0 aromatic heterocycles. The van der Waals surface area contributed by atoms with Gasteiger partial charge < -0.3 is 4.74 Å². The molecule has 0 aliphatic carbocycles. The number of halogens is 2. The fraction of sp³-hybridized carbons (Fsp3) is 0.290. The highest BCUT2D eigenvalue weighted by Crippen LogP contribution is 2.36.